The van der Waals surface area contributed by atoms with Gasteiger partial charge in [-0.15, -0.1) is 0 Å². The number of carbonyl (C=O) groups is 1. The predicted molar refractivity (Wildman–Crippen MR) is 147 cm³/mol. The van der Waals surface area contributed by atoms with Crippen molar-refractivity contribution in [3.05, 3.63) is 141 Å². The first-order valence-electron chi connectivity index (χ1n) is 12.9. The molecule has 1 aliphatic rings. The molecule has 6 heteroatoms. The van der Waals surface area contributed by atoms with Gasteiger partial charge in [-0.3, -0.25) is 14.9 Å². The van der Waals surface area contributed by atoms with Crippen LogP contribution in [0.2, 0.25) is 0 Å². The third kappa shape index (κ3) is 5.59. The van der Waals surface area contributed by atoms with Gasteiger partial charge in [0.15, 0.2) is 0 Å². The molecule has 1 amide bonds. The zero-order chi connectivity index (χ0) is 26.5. The molecule has 0 fully saturated rings. The minimum Gasteiger partial charge on any atom is -0.489 e. The summed E-state index contributed by atoms with van der Waals surface area (Å²) in [7, 11) is 0. The number of rotatable bonds is 8. The van der Waals surface area contributed by atoms with Crippen LogP contribution in [0.3, 0.4) is 0 Å². The molecular formula is C32H30N2O4. The molecule has 192 valence electrons. The average molecular weight is 507 g/mol. The van der Waals surface area contributed by atoms with E-state index in [-0.39, 0.29) is 17.6 Å². The van der Waals surface area contributed by atoms with Gasteiger partial charge in [-0.25, -0.2) is 0 Å². The van der Waals surface area contributed by atoms with Gasteiger partial charge >= 0.3 is 0 Å². The quantitative estimate of drug-likeness (QED) is 0.187. The smallest absolute Gasteiger partial charge is 0.273 e. The molecule has 6 nitrogen and oxygen atoms in total. The Balaban J connectivity index is 1.42. The number of hydrogen-bond donors (Lipinski definition) is 0. The highest BCUT2D eigenvalue weighted by Crippen LogP contribution is 2.36. The van der Waals surface area contributed by atoms with Gasteiger partial charge in [-0.1, -0.05) is 72.8 Å². The number of amides is 1. The summed E-state index contributed by atoms with van der Waals surface area (Å²) in [5, 5.41) is 11.6. The Labute approximate surface area is 222 Å². The van der Waals surface area contributed by atoms with Crippen LogP contribution < -0.4 is 4.74 Å². The van der Waals surface area contributed by atoms with Crippen LogP contribution >= 0.6 is 0 Å². The second-order valence-corrected chi connectivity index (χ2v) is 9.72. The summed E-state index contributed by atoms with van der Waals surface area (Å²) >= 11 is 0. The van der Waals surface area contributed by atoms with Crippen molar-refractivity contribution in [3.8, 4) is 5.75 Å². The molecule has 0 bridgehead atoms. The van der Waals surface area contributed by atoms with E-state index < -0.39 is 4.92 Å². The molecule has 0 aliphatic heterocycles. The van der Waals surface area contributed by atoms with Crippen molar-refractivity contribution in [2.75, 3.05) is 0 Å². The maximum absolute atomic E-state index is 13.9. The second-order valence-electron chi connectivity index (χ2n) is 9.72. The van der Waals surface area contributed by atoms with Crippen LogP contribution in [0, 0.1) is 17.0 Å². The highest BCUT2D eigenvalue weighted by molar-refractivity contribution is 5.95. The van der Waals surface area contributed by atoms with Crippen LogP contribution in [0.4, 0.5) is 5.69 Å². The van der Waals surface area contributed by atoms with Gasteiger partial charge in [-0.2, -0.15) is 0 Å². The fourth-order valence-corrected chi connectivity index (χ4v) is 5.11. The zero-order valence-corrected chi connectivity index (χ0v) is 21.4. The standard InChI is InChI=1S/C32H30N2O4/c1-23-14-17-27(20-31(23)34(36)37)32(35)33(30-13-7-11-26-10-5-6-12-29(26)30)21-24-15-18-28(19-16-24)38-22-25-8-3-2-4-9-25/h2-6,8-10,12,14-20,30H,7,11,13,21-22H2,1H3. The lowest BCUT2D eigenvalue weighted by Crippen LogP contribution is -2.36. The molecule has 4 aromatic rings. The number of benzene rings is 4. The summed E-state index contributed by atoms with van der Waals surface area (Å²) in [6, 6.07) is 30.7. The molecule has 0 saturated heterocycles. The van der Waals surface area contributed by atoms with Gasteiger partial charge in [0.2, 0.25) is 0 Å². The maximum atomic E-state index is 13.9. The minimum atomic E-state index is -0.430. The SMILES string of the molecule is Cc1ccc(C(=O)N(Cc2ccc(OCc3ccccc3)cc2)C2CCCc3ccccc32)cc1[N+](=O)[O-]. The van der Waals surface area contributed by atoms with Crippen molar-refractivity contribution >= 4 is 11.6 Å². The van der Waals surface area contributed by atoms with E-state index in [0.717, 1.165) is 41.7 Å². The molecule has 0 aromatic heterocycles. The third-order valence-corrected chi connectivity index (χ3v) is 7.15. The molecule has 0 heterocycles. The number of nitro groups is 1. The Hall–Kier alpha value is -4.45. The third-order valence-electron chi connectivity index (χ3n) is 7.15. The number of ether oxygens (including phenoxy) is 1. The second kappa shape index (κ2) is 11.3. The van der Waals surface area contributed by atoms with Crippen LogP contribution in [0.15, 0.2) is 97.1 Å². The Morgan fingerprint density at radius 3 is 2.45 bits per heavy atom. The minimum absolute atomic E-state index is 0.0419. The molecule has 5 rings (SSSR count). The molecule has 4 aromatic carbocycles. The van der Waals surface area contributed by atoms with Crippen LogP contribution in [-0.2, 0) is 19.6 Å². The van der Waals surface area contributed by atoms with E-state index in [2.05, 4.69) is 12.1 Å². The van der Waals surface area contributed by atoms with E-state index >= 15 is 0 Å². The van der Waals surface area contributed by atoms with E-state index in [9.17, 15) is 14.9 Å². The van der Waals surface area contributed by atoms with E-state index in [1.165, 1.54) is 11.6 Å². The molecule has 1 aliphatic carbocycles. The number of nitrogens with zero attached hydrogens (tertiary/aromatic N) is 2. The Morgan fingerprint density at radius 1 is 0.947 bits per heavy atom. The Morgan fingerprint density at radius 2 is 1.68 bits per heavy atom. The molecule has 0 spiro atoms. The van der Waals surface area contributed by atoms with Gasteiger partial charge in [-0.05, 0) is 66.6 Å². The fraction of sp³-hybridized carbons (Fsp3) is 0.219. The predicted octanol–water partition coefficient (Wildman–Crippen LogP) is 7.20. The summed E-state index contributed by atoms with van der Waals surface area (Å²) in [4.78, 5) is 27.0. The van der Waals surface area contributed by atoms with Crippen molar-refractivity contribution in [1.82, 2.24) is 4.90 Å². The largest absolute Gasteiger partial charge is 0.489 e. The summed E-state index contributed by atoms with van der Waals surface area (Å²) in [6.45, 7) is 2.55. The Kier molecular flexibility index (Phi) is 7.50. The summed E-state index contributed by atoms with van der Waals surface area (Å²) in [5.41, 5.74) is 5.28. The van der Waals surface area contributed by atoms with Crippen LogP contribution in [0.5, 0.6) is 5.75 Å². The van der Waals surface area contributed by atoms with Crippen molar-refractivity contribution in [3.63, 3.8) is 0 Å². The maximum Gasteiger partial charge on any atom is 0.273 e. The van der Waals surface area contributed by atoms with Gasteiger partial charge in [0.1, 0.15) is 12.4 Å². The molecule has 1 unspecified atom stereocenters. The Bertz CT molecular complexity index is 1430. The number of carbonyl (C=O) groups excluding carboxylic acids is 1. The molecule has 0 radical (unpaired) electrons. The van der Waals surface area contributed by atoms with E-state index in [1.807, 2.05) is 71.6 Å². The highest BCUT2D eigenvalue weighted by Gasteiger charge is 2.31. The lowest BCUT2D eigenvalue weighted by Gasteiger charge is -2.36. The van der Waals surface area contributed by atoms with Gasteiger partial charge in [0.05, 0.1) is 11.0 Å². The molecule has 1 atom stereocenters. The summed E-state index contributed by atoms with van der Waals surface area (Å²) in [5.74, 6) is 0.548. The molecule has 38 heavy (non-hydrogen) atoms. The number of nitro benzene ring substituents is 1. The lowest BCUT2D eigenvalue weighted by molar-refractivity contribution is -0.385. The van der Waals surface area contributed by atoms with Crippen molar-refractivity contribution < 1.29 is 14.5 Å². The molecule has 0 N–H and O–H groups in total. The normalized spacial score (nSPS) is 14.4. The highest BCUT2D eigenvalue weighted by atomic mass is 16.6. The van der Waals surface area contributed by atoms with Crippen LogP contribution in [0.25, 0.3) is 0 Å². The first kappa shape index (κ1) is 25.2. The topological polar surface area (TPSA) is 72.7 Å². The van der Waals surface area contributed by atoms with E-state index in [4.69, 9.17) is 4.74 Å². The summed E-state index contributed by atoms with van der Waals surface area (Å²) < 4.78 is 5.93. The lowest BCUT2D eigenvalue weighted by atomic mass is 9.86. The summed E-state index contributed by atoms with van der Waals surface area (Å²) in [6.07, 6.45) is 2.80. The van der Waals surface area contributed by atoms with Crippen LogP contribution in [-0.4, -0.2) is 15.7 Å². The van der Waals surface area contributed by atoms with Crippen molar-refractivity contribution in [2.24, 2.45) is 0 Å². The first-order chi connectivity index (χ1) is 18.5. The zero-order valence-electron chi connectivity index (χ0n) is 21.4. The number of hydrogen-bond acceptors (Lipinski definition) is 4. The van der Waals surface area contributed by atoms with Crippen molar-refractivity contribution in [1.29, 1.82) is 0 Å². The van der Waals surface area contributed by atoms with Gasteiger partial charge in [0.25, 0.3) is 11.6 Å². The van der Waals surface area contributed by atoms with Crippen LogP contribution in [0.1, 0.15) is 57.1 Å². The van der Waals surface area contributed by atoms with Gasteiger partial charge in [0, 0.05) is 23.7 Å². The van der Waals surface area contributed by atoms with Crippen molar-refractivity contribution in [2.45, 2.75) is 45.4 Å². The fourth-order valence-electron chi connectivity index (χ4n) is 5.11. The number of fused-ring (bicyclic) bond motifs is 1. The molecule has 0 saturated carbocycles. The molecular weight excluding hydrogens is 476 g/mol. The number of aryl methyl sites for hydroxylation is 2. The average Bonchev–Trinajstić information content (AvgIpc) is 2.95. The van der Waals surface area contributed by atoms with Gasteiger partial charge < -0.3 is 9.64 Å². The van der Waals surface area contributed by atoms with E-state index in [0.29, 0.717) is 24.3 Å². The monoisotopic (exact) mass is 506 g/mol. The first-order valence-corrected chi connectivity index (χ1v) is 12.9. The van der Waals surface area contributed by atoms with E-state index in [1.54, 1.807) is 19.1 Å².